The second-order valence-corrected chi connectivity index (χ2v) is 6.51. The molecular formula is C24H16N2O. The summed E-state index contributed by atoms with van der Waals surface area (Å²) < 4.78 is 0. The molecule has 0 spiro atoms. The highest BCUT2D eigenvalue weighted by Crippen LogP contribution is 2.38. The summed E-state index contributed by atoms with van der Waals surface area (Å²) in [5, 5.41) is 4.86. The second kappa shape index (κ2) is 6.22. The molecule has 0 saturated heterocycles. The zero-order valence-corrected chi connectivity index (χ0v) is 14.5. The number of carbonyl (C=O) groups excluding carboxylic acids is 1. The van der Waals surface area contributed by atoms with Gasteiger partial charge in [0, 0.05) is 33.2 Å². The minimum absolute atomic E-state index is 0.0527. The molecule has 27 heavy (non-hydrogen) atoms. The summed E-state index contributed by atoms with van der Waals surface area (Å²) in [7, 11) is 0. The molecule has 1 N–H and O–H groups in total. The van der Waals surface area contributed by atoms with Crippen LogP contribution in [0.3, 0.4) is 0 Å². The van der Waals surface area contributed by atoms with Crippen LogP contribution in [-0.4, -0.2) is 11.6 Å². The number of amides is 1. The third-order valence-electron chi connectivity index (χ3n) is 4.84. The Bertz CT molecular complexity index is 1150. The fourth-order valence-corrected chi connectivity index (χ4v) is 3.58. The average molecular weight is 348 g/mol. The van der Waals surface area contributed by atoms with Crippen molar-refractivity contribution in [3.8, 4) is 0 Å². The van der Waals surface area contributed by atoms with E-state index >= 15 is 0 Å². The summed E-state index contributed by atoms with van der Waals surface area (Å²) in [5.41, 5.74) is 5.44. The molecule has 0 radical (unpaired) electrons. The van der Waals surface area contributed by atoms with Gasteiger partial charge in [0.15, 0.2) is 0 Å². The fourth-order valence-electron chi connectivity index (χ4n) is 3.58. The Kier molecular flexibility index (Phi) is 3.58. The van der Waals surface area contributed by atoms with Gasteiger partial charge in [0.05, 0.1) is 11.4 Å². The summed E-state index contributed by atoms with van der Waals surface area (Å²) in [6, 6.07) is 30.0. The highest BCUT2D eigenvalue weighted by Gasteiger charge is 2.22. The molecule has 0 aliphatic carbocycles. The predicted molar refractivity (Wildman–Crippen MR) is 110 cm³/mol. The lowest BCUT2D eigenvalue weighted by atomic mass is 10.0. The van der Waals surface area contributed by atoms with Crippen LogP contribution in [0, 0.1) is 0 Å². The summed E-state index contributed by atoms with van der Waals surface area (Å²) in [6.07, 6.45) is 0. The number of nitrogens with one attached hydrogen (secondary N) is 1. The average Bonchev–Trinajstić information content (AvgIpc) is 3.06. The number of aliphatic imine (C=N–C) groups is 1. The van der Waals surface area contributed by atoms with E-state index in [1.807, 2.05) is 66.7 Å². The third kappa shape index (κ3) is 2.61. The molecule has 3 nitrogen and oxygen atoms in total. The van der Waals surface area contributed by atoms with Crippen molar-refractivity contribution in [1.29, 1.82) is 0 Å². The summed E-state index contributed by atoms with van der Waals surface area (Å²) in [5.74, 6) is -0.0527. The third-order valence-corrected chi connectivity index (χ3v) is 4.84. The Hall–Kier alpha value is -3.72. The quantitative estimate of drug-likeness (QED) is 0.483. The Morgan fingerprint density at radius 2 is 1.37 bits per heavy atom. The first-order valence-corrected chi connectivity index (χ1v) is 8.88. The van der Waals surface area contributed by atoms with Crippen LogP contribution in [0.5, 0.6) is 0 Å². The molecule has 5 rings (SSSR count). The van der Waals surface area contributed by atoms with E-state index in [1.165, 1.54) is 0 Å². The van der Waals surface area contributed by atoms with E-state index in [0.29, 0.717) is 5.56 Å². The normalized spacial score (nSPS) is 12.1. The second-order valence-electron chi connectivity index (χ2n) is 6.51. The number of hydrogen-bond acceptors (Lipinski definition) is 2. The Morgan fingerprint density at radius 3 is 2.04 bits per heavy atom. The number of nitrogens with zero attached hydrogens (tertiary/aromatic N) is 1. The van der Waals surface area contributed by atoms with Crippen molar-refractivity contribution in [2.75, 3.05) is 5.32 Å². The molecule has 0 saturated carbocycles. The van der Waals surface area contributed by atoms with Crippen LogP contribution in [0.4, 0.5) is 11.4 Å². The Labute approximate surface area is 157 Å². The number of anilines is 1. The summed E-state index contributed by atoms with van der Waals surface area (Å²) in [4.78, 5) is 17.2. The van der Waals surface area contributed by atoms with E-state index in [0.717, 1.165) is 39.0 Å². The van der Waals surface area contributed by atoms with E-state index in [4.69, 9.17) is 4.99 Å². The monoisotopic (exact) mass is 348 g/mol. The van der Waals surface area contributed by atoms with Crippen LogP contribution in [0.2, 0.25) is 0 Å². The Morgan fingerprint density at radius 1 is 0.704 bits per heavy atom. The molecule has 1 aliphatic heterocycles. The first-order chi connectivity index (χ1) is 13.3. The molecule has 0 atom stereocenters. The number of hydrogen-bond donors (Lipinski definition) is 1. The van der Waals surface area contributed by atoms with Crippen LogP contribution in [0.15, 0.2) is 96.0 Å². The van der Waals surface area contributed by atoms with Crippen molar-refractivity contribution < 1.29 is 4.79 Å². The lowest BCUT2D eigenvalue weighted by molar-refractivity contribution is 0.103. The topological polar surface area (TPSA) is 41.5 Å². The lowest BCUT2D eigenvalue weighted by Crippen LogP contribution is -2.04. The van der Waals surface area contributed by atoms with Gasteiger partial charge in [0.25, 0.3) is 5.91 Å². The molecule has 3 heteroatoms. The highest BCUT2D eigenvalue weighted by atomic mass is 16.1. The molecule has 0 aromatic heterocycles. The van der Waals surface area contributed by atoms with Gasteiger partial charge >= 0.3 is 0 Å². The van der Waals surface area contributed by atoms with E-state index < -0.39 is 0 Å². The van der Waals surface area contributed by atoms with Crippen molar-refractivity contribution in [1.82, 2.24) is 0 Å². The smallest absolute Gasteiger partial charge is 0.256 e. The van der Waals surface area contributed by atoms with Gasteiger partial charge in [-0.2, -0.15) is 0 Å². The summed E-state index contributed by atoms with van der Waals surface area (Å²) >= 11 is 0. The van der Waals surface area contributed by atoms with Crippen molar-refractivity contribution in [3.63, 3.8) is 0 Å². The molecule has 1 amide bonds. The number of rotatable bonds is 3. The molecular weight excluding hydrogens is 332 g/mol. The van der Waals surface area contributed by atoms with Crippen LogP contribution in [0.25, 0.3) is 10.8 Å². The fraction of sp³-hybridized carbons (Fsp3) is 0. The zero-order valence-electron chi connectivity index (χ0n) is 14.5. The lowest BCUT2D eigenvalue weighted by Gasteiger charge is -2.10. The minimum Gasteiger partial charge on any atom is -0.321 e. The van der Waals surface area contributed by atoms with E-state index in [9.17, 15) is 4.79 Å². The SMILES string of the molecule is O=C1Nc2cccc3c(N=C(c4ccccc4)c4ccccc4)ccc1c23. The van der Waals surface area contributed by atoms with Gasteiger partial charge in [0.1, 0.15) is 0 Å². The zero-order chi connectivity index (χ0) is 18.2. The van der Waals surface area contributed by atoms with Gasteiger partial charge in [-0.3, -0.25) is 4.79 Å². The maximum atomic E-state index is 12.2. The van der Waals surface area contributed by atoms with E-state index in [-0.39, 0.29) is 5.91 Å². The van der Waals surface area contributed by atoms with Crippen LogP contribution < -0.4 is 5.32 Å². The molecule has 1 heterocycles. The van der Waals surface area contributed by atoms with Gasteiger partial charge in [-0.1, -0.05) is 72.8 Å². The van der Waals surface area contributed by atoms with Crippen molar-refractivity contribution >= 4 is 33.8 Å². The van der Waals surface area contributed by atoms with Gasteiger partial charge in [-0.05, 0) is 18.2 Å². The van der Waals surface area contributed by atoms with Crippen molar-refractivity contribution in [2.45, 2.75) is 0 Å². The van der Waals surface area contributed by atoms with Gasteiger partial charge < -0.3 is 5.32 Å². The number of benzene rings is 4. The van der Waals surface area contributed by atoms with Crippen LogP contribution >= 0.6 is 0 Å². The predicted octanol–water partition coefficient (Wildman–Crippen LogP) is 5.57. The summed E-state index contributed by atoms with van der Waals surface area (Å²) in [6.45, 7) is 0. The van der Waals surface area contributed by atoms with Crippen LogP contribution in [-0.2, 0) is 0 Å². The largest absolute Gasteiger partial charge is 0.321 e. The highest BCUT2D eigenvalue weighted by molar-refractivity contribution is 6.26. The standard InChI is InChI=1S/C24H16N2O/c27-24-19-14-15-20(18-12-7-13-21(26-24)22(18)19)25-23(16-8-3-1-4-9-16)17-10-5-2-6-11-17/h1-15H,(H,26,27). The molecule has 128 valence electrons. The van der Waals surface area contributed by atoms with Crippen LogP contribution in [0.1, 0.15) is 21.5 Å². The van der Waals surface area contributed by atoms with Gasteiger partial charge in [0.2, 0.25) is 0 Å². The molecule has 4 aromatic carbocycles. The maximum Gasteiger partial charge on any atom is 0.256 e. The molecule has 0 bridgehead atoms. The Balaban J connectivity index is 1.77. The molecule has 0 unspecified atom stereocenters. The number of carbonyl (C=O) groups is 1. The molecule has 1 aliphatic rings. The van der Waals surface area contributed by atoms with Gasteiger partial charge in [-0.15, -0.1) is 0 Å². The molecule has 0 fully saturated rings. The van der Waals surface area contributed by atoms with E-state index in [2.05, 4.69) is 29.6 Å². The minimum atomic E-state index is -0.0527. The van der Waals surface area contributed by atoms with Crippen molar-refractivity contribution in [3.05, 3.63) is 108 Å². The van der Waals surface area contributed by atoms with Crippen molar-refractivity contribution in [2.24, 2.45) is 4.99 Å². The maximum absolute atomic E-state index is 12.2. The molecule has 4 aromatic rings. The first kappa shape index (κ1) is 15.5. The first-order valence-electron chi connectivity index (χ1n) is 8.88. The van der Waals surface area contributed by atoms with Gasteiger partial charge in [-0.25, -0.2) is 4.99 Å². The van der Waals surface area contributed by atoms with E-state index in [1.54, 1.807) is 0 Å².